The number of carboxylic acid groups (broad SMARTS) is 1. The van der Waals surface area contributed by atoms with Crippen LogP contribution in [0.3, 0.4) is 0 Å². The molecule has 1 aromatic heterocycles. The summed E-state index contributed by atoms with van der Waals surface area (Å²) in [6, 6.07) is 16.1. The second kappa shape index (κ2) is 12.1. The Morgan fingerprint density at radius 1 is 1.03 bits per heavy atom. The quantitative estimate of drug-likeness (QED) is 0.335. The monoisotopic (exact) mass is 559 g/mol. The zero-order valence-electron chi connectivity index (χ0n) is 19.1. The van der Waals surface area contributed by atoms with E-state index in [1.165, 1.54) is 19.1 Å². The van der Waals surface area contributed by atoms with Gasteiger partial charge < -0.3 is 10.0 Å². The average molecular weight is 560 g/mol. The van der Waals surface area contributed by atoms with Crippen LogP contribution in [-0.2, 0) is 19.6 Å². The summed E-state index contributed by atoms with van der Waals surface area (Å²) in [5.74, 6) is -1.41. The minimum Gasteiger partial charge on any atom is -0.480 e. The van der Waals surface area contributed by atoms with E-state index in [1.54, 1.807) is 41.6 Å². The summed E-state index contributed by atoms with van der Waals surface area (Å²) in [6.45, 7) is 1.82. The fourth-order valence-corrected chi connectivity index (χ4v) is 5.05. The molecule has 0 aliphatic heterocycles. The Bertz CT molecular complexity index is 1250. The summed E-state index contributed by atoms with van der Waals surface area (Å²) in [4.78, 5) is 29.3. The van der Waals surface area contributed by atoms with Gasteiger partial charge in [-0.2, -0.15) is 4.72 Å². The summed E-state index contributed by atoms with van der Waals surface area (Å²) in [5, 5.41) is 9.57. The molecule has 0 saturated heterocycles. The number of sulfonamides is 1. The van der Waals surface area contributed by atoms with Crippen LogP contribution >= 0.6 is 15.9 Å². The van der Waals surface area contributed by atoms with Crippen LogP contribution in [0.25, 0.3) is 11.1 Å². The first-order valence-electron chi connectivity index (χ1n) is 11.0. The number of carbonyl (C=O) groups is 2. The van der Waals surface area contributed by atoms with Crippen molar-refractivity contribution < 1.29 is 23.1 Å². The van der Waals surface area contributed by atoms with Gasteiger partial charge >= 0.3 is 5.97 Å². The van der Waals surface area contributed by atoms with Crippen molar-refractivity contribution in [1.29, 1.82) is 0 Å². The van der Waals surface area contributed by atoms with Crippen molar-refractivity contribution in [2.75, 3.05) is 11.4 Å². The molecule has 3 aromatic rings. The summed E-state index contributed by atoms with van der Waals surface area (Å²) >= 11 is 3.38. The van der Waals surface area contributed by atoms with Crippen LogP contribution in [-0.4, -0.2) is 43.0 Å². The van der Waals surface area contributed by atoms with E-state index in [4.69, 9.17) is 0 Å². The highest BCUT2D eigenvalue weighted by atomic mass is 79.9. The number of pyridine rings is 1. The first-order valence-corrected chi connectivity index (χ1v) is 13.2. The summed E-state index contributed by atoms with van der Waals surface area (Å²) in [5.41, 5.74) is 2.43. The van der Waals surface area contributed by atoms with Crippen LogP contribution in [0.1, 0.15) is 26.2 Å². The minimum absolute atomic E-state index is 0.0102. The number of unbranched alkanes of at least 4 members (excludes halogenated alkanes) is 1. The van der Waals surface area contributed by atoms with Crippen LogP contribution in [0.15, 0.2) is 82.4 Å². The lowest BCUT2D eigenvalue weighted by atomic mass is 10.1. The minimum atomic E-state index is -4.03. The third-order valence-electron chi connectivity index (χ3n) is 5.40. The number of nitrogens with zero attached hydrogens (tertiary/aromatic N) is 2. The van der Waals surface area contributed by atoms with Crippen molar-refractivity contribution in [3.8, 4) is 11.1 Å². The Morgan fingerprint density at radius 3 is 2.20 bits per heavy atom. The van der Waals surface area contributed by atoms with Crippen molar-refractivity contribution in [3.05, 3.63) is 77.5 Å². The van der Waals surface area contributed by atoms with Gasteiger partial charge in [0.2, 0.25) is 15.9 Å². The normalized spacial score (nSPS) is 12.2. The van der Waals surface area contributed by atoms with E-state index in [1.807, 2.05) is 24.3 Å². The van der Waals surface area contributed by atoms with Gasteiger partial charge in [-0.1, -0.05) is 40.2 Å². The molecule has 0 aliphatic carbocycles. The molecule has 1 amide bonds. The van der Waals surface area contributed by atoms with Gasteiger partial charge in [-0.3, -0.25) is 14.6 Å². The van der Waals surface area contributed by atoms with Crippen molar-refractivity contribution in [2.45, 2.75) is 37.1 Å². The number of carbonyl (C=O) groups excluding carboxylic acids is 1. The molecule has 35 heavy (non-hydrogen) atoms. The summed E-state index contributed by atoms with van der Waals surface area (Å²) in [7, 11) is -4.03. The maximum absolute atomic E-state index is 12.8. The fourth-order valence-electron chi connectivity index (χ4n) is 3.56. The average Bonchev–Trinajstić information content (AvgIpc) is 2.84. The Hall–Kier alpha value is -3.08. The van der Waals surface area contributed by atoms with Gasteiger partial charge in [0.1, 0.15) is 6.04 Å². The van der Waals surface area contributed by atoms with Gasteiger partial charge in [0.15, 0.2) is 0 Å². The molecule has 0 fully saturated rings. The SMILES string of the molecule is CC(=O)N(CCCCC(NS(=O)(=O)c1ccc(-c2ccc(Br)cc2)cc1)C(=O)O)c1cccnc1. The Balaban J connectivity index is 1.60. The van der Waals surface area contributed by atoms with Crippen LogP contribution < -0.4 is 9.62 Å². The van der Waals surface area contributed by atoms with Crippen molar-refractivity contribution in [1.82, 2.24) is 9.71 Å². The molecule has 0 radical (unpaired) electrons. The van der Waals surface area contributed by atoms with Crippen LogP contribution in [0, 0.1) is 0 Å². The molecule has 8 nitrogen and oxygen atoms in total. The Morgan fingerprint density at radius 2 is 1.66 bits per heavy atom. The molecule has 2 N–H and O–H groups in total. The molecule has 1 unspecified atom stereocenters. The highest BCUT2D eigenvalue weighted by Gasteiger charge is 2.25. The van der Waals surface area contributed by atoms with Crippen LogP contribution in [0.4, 0.5) is 5.69 Å². The first-order chi connectivity index (χ1) is 16.7. The summed E-state index contributed by atoms with van der Waals surface area (Å²) < 4.78 is 28.9. The highest BCUT2D eigenvalue weighted by Crippen LogP contribution is 2.23. The number of halogens is 1. The van der Waals surface area contributed by atoms with Gasteiger partial charge in [0, 0.05) is 24.1 Å². The molecule has 2 aromatic carbocycles. The number of amides is 1. The number of hydrogen-bond donors (Lipinski definition) is 2. The van der Waals surface area contributed by atoms with Crippen LogP contribution in [0.2, 0.25) is 0 Å². The highest BCUT2D eigenvalue weighted by molar-refractivity contribution is 9.10. The zero-order chi connectivity index (χ0) is 25.4. The second-order valence-corrected chi connectivity index (χ2v) is 10.6. The van der Waals surface area contributed by atoms with E-state index >= 15 is 0 Å². The molecule has 0 bridgehead atoms. The third-order valence-corrected chi connectivity index (χ3v) is 7.42. The van der Waals surface area contributed by atoms with Crippen molar-refractivity contribution in [2.24, 2.45) is 0 Å². The molecule has 0 saturated carbocycles. The molecular formula is C25H26BrN3O5S. The number of hydrogen-bond acceptors (Lipinski definition) is 5. The maximum atomic E-state index is 12.8. The molecule has 1 heterocycles. The van der Waals surface area contributed by atoms with Crippen molar-refractivity contribution in [3.63, 3.8) is 0 Å². The van der Waals surface area contributed by atoms with Gasteiger partial charge in [0.25, 0.3) is 0 Å². The smallest absolute Gasteiger partial charge is 0.321 e. The maximum Gasteiger partial charge on any atom is 0.321 e. The number of aromatic nitrogens is 1. The Labute approximate surface area is 213 Å². The predicted octanol–water partition coefficient (Wildman–Crippen LogP) is 4.47. The summed E-state index contributed by atoms with van der Waals surface area (Å²) in [6.07, 6.45) is 4.19. The van der Waals surface area contributed by atoms with Crippen LogP contribution in [0.5, 0.6) is 0 Å². The first kappa shape index (κ1) is 26.5. The number of benzene rings is 2. The lowest BCUT2D eigenvalue weighted by Crippen LogP contribution is -2.40. The molecule has 1 atom stereocenters. The van der Waals surface area contributed by atoms with E-state index in [-0.39, 0.29) is 17.2 Å². The number of rotatable bonds is 11. The second-order valence-electron chi connectivity index (χ2n) is 7.92. The van der Waals surface area contributed by atoms with Gasteiger partial charge in [-0.15, -0.1) is 0 Å². The molecule has 10 heteroatoms. The third kappa shape index (κ3) is 7.45. The van der Waals surface area contributed by atoms with Crippen molar-refractivity contribution >= 4 is 43.5 Å². The lowest BCUT2D eigenvalue weighted by Gasteiger charge is -2.21. The van der Waals surface area contributed by atoms with E-state index in [0.29, 0.717) is 25.1 Å². The van der Waals surface area contributed by atoms with Gasteiger partial charge in [-0.05, 0) is 66.8 Å². The zero-order valence-corrected chi connectivity index (χ0v) is 21.5. The van der Waals surface area contributed by atoms with Gasteiger partial charge in [0.05, 0.1) is 16.8 Å². The number of nitrogens with one attached hydrogen (secondary N) is 1. The standard InChI is InChI=1S/C25H26BrN3O5S/c1-18(30)29(22-5-4-15-27-17-22)16-3-2-6-24(25(31)32)28-35(33,34)23-13-9-20(10-14-23)19-7-11-21(26)12-8-19/h4-5,7-15,17,24,28H,2-3,6,16H2,1H3,(H,31,32). The van der Waals surface area contributed by atoms with E-state index in [9.17, 15) is 23.1 Å². The molecule has 184 valence electrons. The molecule has 0 aliphatic rings. The number of anilines is 1. The number of carboxylic acids is 1. The number of aliphatic carboxylic acids is 1. The van der Waals surface area contributed by atoms with E-state index in [2.05, 4.69) is 25.6 Å². The topological polar surface area (TPSA) is 117 Å². The van der Waals surface area contributed by atoms with E-state index < -0.39 is 22.0 Å². The van der Waals surface area contributed by atoms with Gasteiger partial charge in [-0.25, -0.2) is 8.42 Å². The Kier molecular flexibility index (Phi) is 9.13. The van der Waals surface area contributed by atoms with E-state index in [0.717, 1.165) is 15.6 Å². The largest absolute Gasteiger partial charge is 0.480 e. The fraction of sp³-hybridized carbons (Fsp3) is 0.240. The lowest BCUT2D eigenvalue weighted by molar-refractivity contribution is -0.139. The molecule has 3 rings (SSSR count). The molecular weight excluding hydrogens is 534 g/mol. The predicted molar refractivity (Wildman–Crippen MR) is 137 cm³/mol. The molecule has 0 spiro atoms.